The van der Waals surface area contributed by atoms with Crippen molar-refractivity contribution in [3.63, 3.8) is 0 Å². The van der Waals surface area contributed by atoms with E-state index in [9.17, 15) is 4.79 Å². The minimum Gasteiger partial charge on any atom is -0.378 e. The molecule has 2 aliphatic rings. The first-order valence-electron chi connectivity index (χ1n) is 11.1. The van der Waals surface area contributed by atoms with E-state index in [0.29, 0.717) is 49.8 Å². The van der Waals surface area contributed by atoms with E-state index in [-0.39, 0.29) is 6.03 Å². The predicted molar refractivity (Wildman–Crippen MR) is 125 cm³/mol. The Labute approximate surface area is 192 Å². The molecule has 1 N–H and O–H groups in total. The fourth-order valence-corrected chi connectivity index (χ4v) is 4.19. The number of nitrogens with zero attached hydrogens (tertiary/aromatic N) is 5. The molecule has 0 unspecified atom stereocenters. The van der Waals surface area contributed by atoms with Crippen LogP contribution in [0.25, 0.3) is 11.4 Å². The number of morpholine rings is 1. The lowest BCUT2D eigenvalue weighted by Gasteiger charge is -2.34. The van der Waals surface area contributed by atoms with Gasteiger partial charge in [0.05, 0.1) is 37.1 Å². The van der Waals surface area contributed by atoms with Crippen LogP contribution < -0.4 is 10.2 Å². The van der Waals surface area contributed by atoms with E-state index in [1.807, 2.05) is 30.3 Å². The Balaban J connectivity index is 1.44. The second kappa shape index (κ2) is 9.27. The topological polar surface area (TPSA) is 94.4 Å². The molecule has 2 aromatic carbocycles. The van der Waals surface area contributed by atoms with Gasteiger partial charge in [0.25, 0.3) is 0 Å². The molecule has 1 fully saturated rings. The lowest BCUT2D eigenvalue weighted by Crippen LogP contribution is -2.42. The summed E-state index contributed by atoms with van der Waals surface area (Å²) in [6.45, 7) is 3.80. The Morgan fingerprint density at radius 2 is 1.85 bits per heavy atom. The van der Waals surface area contributed by atoms with Crippen molar-refractivity contribution < 1.29 is 9.53 Å². The van der Waals surface area contributed by atoms with E-state index < -0.39 is 0 Å². The summed E-state index contributed by atoms with van der Waals surface area (Å²) in [5.74, 6) is 1.59. The number of hydrogen-bond acceptors (Lipinski definition) is 6. The third-order valence-electron chi connectivity index (χ3n) is 5.91. The van der Waals surface area contributed by atoms with E-state index in [1.165, 1.54) is 0 Å². The van der Waals surface area contributed by atoms with E-state index in [1.54, 1.807) is 29.2 Å². The molecule has 0 aliphatic carbocycles. The summed E-state index contributed by atoms with van der Waals surface area (Å²) in [5, 5.41) is 12.0. The molecule has 166 valence electrons. The SMILES string of the molecule is N#Cc1cccc(NC(=O)N2CCc3nc(-c4ccccc4)nc(N4CCOCC4)c3C2)c1. The molecule has 2 amide bonds. The van der Waals surface area contributed by atoms with Crippen LogP contribution in [-0.4, -0.2) is 53.7 Å². The molecule has 33 heavy (non-hydrogen) atoms. The summed E-state index contributed by atoms with van der Waals surface area (Å²) < 4.78 is 5.54. The number of carbonyl (C=O) groups is 1. The average molecular weight is 441 g/mol. The molecule has 2 aliphatic heterocycles. The minimum absolute atomic E-state index is 0.198. The van der Waals surface area contributed by atoms with Crippen molar-refractivity contribution in [2.24, 2.45) is 0 Å². The standard InChI is InChI=1S/C25H24N6O2/c26-16-18-5-4-8-20(15-18)27-25(32)31-10-9-22-21(17-31)24(30-11-13-33-14-12-30)29-23(28-22)19-6-2-1-3-7-19/h1-8,15H,9-14,17H2,(H,27,32). The molecule has 1 aromatic heterocycles. The first-order chi connectivity index (χ1) is 16.2. The molecule has 0 saturated carbocycles. The van der Waals surface area contributed by atoms with Crippen LogP contribution in [0.1, 0.15) is 16.8 Å². The number of nitrogens with one attached hydrogen (secondary N) is 1. The smallest absolute Gasteiger partial charge is 0.322 e. The fourth-order valence-electron chi connectivity index (χ4n) is 4.19. The van der Waals surface area contributed by atoms with Gasteiger partial charge in [-0.05, 0) is 18.2 Å². The summed E-state index contributed by atoms with van der Waals surface area (Å²) in [7, 11) is 0. The van der Waals surface area contributed by atoms with Gasteiger partial charge in [0.2, 0.25) is 0 Å². The average Bonchev–Trinajstić information content (AvgIpc) is 2.89. The zero-order valence-electron chi connectivity index (χ0n) is 18.2. The van der Waals surface area contributed by atoms with Crippen molar-refractivity contribution in [3.05, 3.63) is 71.4 Å². The van der Waals surface area contributed by atoms with Crippen molar-refractivity contribution in [3.8, 4) is 17.5 Å². The van der Waals surface area contributed by atoms with Gasteiger partial charge in [-0.1, -0.05) is 36.4 Å². The van der Waals surface area contributed by atoms with Crippen LogP contribution in [0.2, 0.25) is 0 Å². The monoisotopic (exact) mass is 440 g/mol. The molecule has 5 rings (SSSR count). The first-order valence-corrected chi connectivity index (χ1v) is 11.1. The molecular formula is C25H24N6O2. The Kier molecular flexibility index (Phi) is 5.87. The van der Waals surface area contributed by atoms with Gasteiger partial charge < -0.3 is 19.9 Å². The quantitative estimate of drug-likeness (QED) is 0.671. The lowest BCUT2D eigenvalue weighted by molar-refractivity contribution is 0.122. The van der Waals surface area contributed by atoms with Crippen molar-refractivity contribution in [1.29, 1.82) is 5.26 Å². The number of anilines is 2. The van der Waals surface area contributed by atoms with Gasteiger partial charge in [0.1, 0.15) is 5.82 Å². The minimum atomic E-state index is -0.198. The van der Waals surface area contributed by atoms with Crippen LogP contribution in [0, 0.1) is 11.3 Å². The molecule has 8 nitrogen and oxygen atoms in total. The van der Waals surface area contributed by atoms with Gasteiger partial charge in [-0.25, -0.2) is 14.8 Å². The second-order valence-corrected chi connectivity index (χ2v) is 8.06. The van der Waals surface area contributed by atoms with E-state index in [4.69, 9.17) is 20.0 Å². The van der Waals surface area contributed by atoms with Gasteiger partial charge in [-0.3, -0.25) is 0 Å². The van der Waals surface area contributed by atoms with Crippen LogP contribution in [0.4, 0.5) is 16.3 Å². The number of hydrogen-bond donors (Lipinski definition) is 1. The number of amides is 2. The Bertz CT molecular complexity index is 1200. The van der Waals surface area contributed by atoms with E-state index in [0.717, 1.165) is 35.7 Å². The summed E-state index contributed by atoms with van der Waals surface area (Å²) >= 11 is 0. The van der Waals surface area contributed by atoms with Gasteiger partial charge >= 0.3 is 6.03 Å². The van der Waals surface area contributed by atoms with Crippen molar-refractivity contribution in [1.82, 2.24) is 14.9 Å². The van der Waals surface area contributed by atoms with Crippen LogP contribution in [0.5, 0.6) is 0 Å². The summed E-state index contributed by atoms with van der Waals surface area (Å²) in [5.41, 5.74) is 4.07. The zero-order valence-corrected chi connectivity index (χ0v) is 18.2. The third-order valence-corrected chi connectivity index (χ3v) is 5.91. The number of ether oxygens (including phenoxy) is 1. The highest BCUT2D eigenvalue weighted by atomic mass is 16.5. The van der Waals surface area contributed by atoms with E-state index in [2.05, 4.69) is 16.3 Å². The molecule has 0 spiro atoms. The molecular weight excluding hydrogens is 416 g/mol. The molecule has 3 heterocycles. The number of benzene rings is 2. The highest BCUT2D eigenvalue weighted by Gasteiger charge is 2.28. The molecule has 0 bridgehead atoms. The van der Waals surface area contributed by atoms with Gasteiger partial charge in [0.15, 0.2) is 5.82 Å². The Hall–Kier alpha value is -3.96. The normalized spacial score (nSPS) is 15.5. The number of aromatic nitrogens is 2. The summed E-state index contributed by atoms with van der Waals surface area (Å²) in [6.07, 6.45) is 0.653. The maximum atomic E-state index is 13.0. The molecule has 1 saturated heterocycles. The van der Waals surface area contributed by atoms with Crippen molar-refractivity contribution >= 4 is 17.5 Å². The molecule has 0 atom stereocenters. The third kappa shape index (κ3) is 4.49. The second-order valence-electron chi connectivity index (χ2n) is 8.06. The molecule has 0 radical (unpaired) electrons. The van der Waals surface area contributed by atoms with Crippen molar-refractivity contribution in [2.45, 2.75) is 13.0 Å². The lowest BCUT2D eigenvalue weighted by atomic mass is 10.0. The fraction of sp³-hybridized carbons (Fsp3) is 0.280. The van der Waals surface area contributed by atoms with E-state index >= 15 is 0 Å². The predicted octanol–water partition coefficient (Wildman–Crippen LogP) is 3.44. The molecule has 8 heteroatoms. The summed E-state index contributed by atoms with van der Waals surface area (Å²) in [4.78, 5) is 26.8. The zero-order chi connectivity index (χ0) is 22.6. The van der Waals surface area contributed by atoms with Gasteiger partial charge in [-0.2, -0.15) is 5.26 Å². The highest BCUT2D eigenvalue weighted by Crippen LogP contribution is 2.30. The maximum absolute atomic E-state index is 13.0. The van der Waals surface area contributed by atoms with Crippen molar-refractivity contribution in [2.75, 3.05) is 43.1 Å². The van der Waals surface area contributed by atoms with Crippen LogP contribution in [-0.2, 0) is 17.7 Å². The van der Waals surface area contributed by atoms with Gasteiger partial charge in [0, 0.05) is 42.9 Å². The number of nitriles is 1. The first kappa shape index (κ1) is 20.9. The largest absolute Gasteiger partial charge is 0.378 e. The Morgan fingerprint density at radius 1 is 1.03 bits per heavy atom. The number of fused-ring (bicyclic) bond motifs is 1. The Morgan fingerprint density at radius 3 is 2.64 bits per heavy atom. The summed E-state index contributed by atoms with van der Waals surface area (Å²) in [6, 6.07) is 18.8. The highest BCUT2D eigenvalue weighted by molar-refractivity contribution is 5.89. The van der Waals surface area contributed by atoms with Crippen LogP contribution in [0.3, 0.4) is 0 Å². The van der Waals surface area contributed by atoms with Gasteiger partial charge in [-0.15, -0.1) is 0 Å². The van der Waals surface area contributed by atoms with Crippen LogP contribution >= 0.6 is 0 Å². The number of urea groups is 1. The molecule has 3 aromatic rings. The maximum Gasteiger partial charge on any atom is 0.322 e. The van der Waals surface area contributed by atoms with Crippen LogP contribution in [0.15, 0.2) is 54.6 Å². The number of rotatable bonds is 3. The number of carbonyl (C=O) groups excluding carboxylic acids is 1.